The van der Waals surface area contributed by atoms with Crippen LogP contribution >= 0.6 is 45.2 Å². The van der Waals surface area contributed by atoms with Gasteiger partial charge in [-0.25, -0.2) is 0 Å². The van der Waals surface area contributed by atoms with E-state index in [0.717, 1.165) is 0 Å². The molecule has 2 heteroatoms. The molecule has 0 aliphatic rings. The number of halogens is 2. The van der Waals surface area contributed by atoms with E-state index in [0.29, 0.717) is 0 Å². The van der Waals surface area contributed by atoms with Crippen molar-refractivity contribution in [1.82, 2.24) is 0 Å². The van der Waals surface area contributed by atoms with Crippen molar-refractivity contribution >= 4 is 45.2 Å². The zero-order valence-electron chi connectivity index (χ0n) is 4.17. The second kappa shape index (κ2) is 16.1. The first kappa shape index (κ1) is 10.4. The molecule has 0 fully saturated rings. The highest BCUT2D eigenvalue weighted by molar-refractivity contribution is 14.1. The third kappa shape index (κ3) is 51.0. The zero-order valence-corrected chi connectivity index (χ0v) is 8.49. The fraction of sp³-hybridized carbons (Fsp3) is 1.00. The lowest BCUT2D eigenvalue weighted by Gasteiger charge is -1.45. The molecule has 0 radical (unpaired) electrons. The van der Waals surface area contributed by atoms with E-state index in [1.807, 2.05) is 0 Å². The summed E-state index contributed by atoms with van der Waals surface area (Å²) in [5.41, 5.74) is 0. The van der Waals surface area contributed by atoms with Gasteiger partial charge in [-0.1, -0.05) is 59.0 Å². The highest BCUT2D eigenvalue weighted by Gasteiger charge is 1.38. The van der Waals surface area contributed by atoms with Crippen molar-refractivity contribution in [2.75, 3.05) is 8.86 Å². The van der Waals surface area contributed by atoms with Crippen LogP contribution in [0.3, 0.4) is 0 Å². The second-order valence-electron chi connectivity index (χ2n) is 0.535. The van der Waals surface area contributed by atoms with Crippen LogP contribution in [0.4, 0.5) is 0 Å². The molecule has 0 bridgehead atoms. The lowest BCUT2D eigenvalue weighted by atomic mass is 11.0. The van der Waals surface area contributed by atoms with Gasteiger partial charge in [-0.15, -0.1) is 0 Å². The number of hydrogen-bond donors (Lipinski definition) is 0. The fourth-order valence-electron chi connectivity index (χ4n) is 0. The SMILES string of the molecule is CCI.CCI. The van der Waals surface area contributed by atoms with Crippen LogP contribution in [-0.4, -0.2) is 8.86 Å². The average molecular weight is 312 g/mol. The molecule has 0 heterocycles. The Kier molecular flexibility index (Phi) is 28.0. The van der Waals surface area contributed by atoms with Gasteiger partial charge in [0.1, 0.15) is 0 Å². The Labute approximate surface area is 67.4 Å². The summed E-state index contributed by atoms with van der Waals surface area (Å²) in [6.07, 6.45) is 0. The summed E-state index contributed by atoms with van der Waals surface area (Å²) < 4.78 is 2.44. The Morgan fingerprint density at radius 1 is 1.00 bits per heavy atom. The maximum absolute atomic E-state index is 2.29. The van der Waals surface area contributed by atoms with Crippen LogP contribution in [0.2, 0.25) is 0 Å². The van der Waals surface area contributed by atoms with E-state index >= 15 is 0 Å². The van der Waals surface area contributed by atoms with Crippen LogP contribution in [0.5, 0.6) is 0 Å². The van der Waals surface area contributed by atoms with E-state index < -0.39 is 0 Å². The minimum atomic E-state index is 1.22. The molecule has 0 atom stereocenters. The van der Waals surface area contributed by atoms with Crippen molar-refractivity contribution in [2.45, 2.75) is 13.8 Å². The lowest BCUT2D eigenvalue weighted by molar-refractivity contribution is 1.58. The highest BCUT2D eigenvalue weighted by Crippen LogP contribution is 1.69. The van der Waals surface area contributed by atoms with Crippen LogP contribution < -0.4 is 0 Å². The first-order chi connectivity index (χ1) is 2.83. The fourth-order valence-corrected chi connectivity index (χ4v) is 0. The van der Waals surface area contributed by atoms with Gasteiger partial charge in [0.05, 0.1) is 0 Å². The standard InChI is InChI=1S/2C2H5I/c2*1-2-3/h2*2H2,1H3. The summed E-state index contributed by atoms with van der Waals surface area (Å²) in [4.78, 5) is 0. The van der Waals surface area contributed by atoms with Crippen LogP contribution in [0.25, 0.3) is 0 Å². The molecular weight excluding hydrogens is 302 g/mol. The van der Waals surface area contributed by atoms with Gasteiger partial charge in [0, 0.05) is 0 Å². The minimum absolute atomic E-state index is 1.22. The van der Waals surface area contributed by atoms with Crippen LogP contribution in [-0.2, 0) is 0 Å². The number of alkyl halides is 2. The number of hydrogen-bond acceptors (Lipinski definition) is 0. The van der Waals surface area contributed by atoms with Gasteiger partial charge in [0.25, 0.3) is 0 Å². The summed E-state index contributed by atoms with van der Waals surface area (Å²) in [5.74, 6) is 0. The van der Waals surface area contributed by atoms with Gasteiger partial charge in [-0.3, -0.25) is 0 Å². The third-order valence-corrected chi connectivity index (χ3v) is 0. The Morgan fingerprint density at radius 2 is 1.00 bits per heavy atom. The molecule has 0 aromatic carbocycles. The highest BCUT2D eigenvalue weighted by atomic mass is 127. The predicted molar refractivity (Wildman–Crippen MR) is 49.1 cm³/mol. The molecule has 0 aliphatic heterocycles. The monoisotopic (exact) mass is 312 g/mol. The van der Waals surface area contributed by atoms with E-state index in [4.69, 9.17) is 0 Å². The summed E-state index contributed by atoms with van der Waals surface area (Å²) in [7, 11) is 0. The van der Waals surface area contributed by atoms with Gasteiger partial charge in [0.2, 0.25) is 0 Å². The maximum Gasteiger partial charge on any atom is -0.00332 e. The topological polar surface area (TPSA) is 0 Å². The molecule has 0 amide bonds. The summed E-state index contributed by atoms with van der Waals surface area (Å²) in [6.45, 7) is 4.22. The van der Waals surface area contributed by atoms with Gasteiger partial charge in [-0.2, -0.15) is 0 Å². The smallest absolute Gasteiger partial charge is 0.00332 e. The van der Waals surface area contributed by atoms with E-state index in [9.17, 15) is 0 Å². The summed E-state index contributed by atoms with van der Waals surface area (Å²) in [5, 5.41) is 0. The molecule has 0 rings (SSSR count). The van der Waals surface area contributed by atoms with Crippen molar-refractivity contribution in [3.8, 4) is 0 Å². The summed E-state index contributed by atoms with van der Waals surface area (Å²) in [6, 6.07) is 0. The van der Waals surface area contributed by atoms with Crippen molar-refractivity contribution in [2.24, 2.45) is 0 Å². The minimum Gasteiger partial charge on any atom is -0.0867 e. The summed E-state index contributed by atoms with van der Waals surface area (Å²) >= 11 is 4.58. The Bertz CT molecular complexity index is 7.51. The molecule has 0 aromatic heterocycles. The maximum atomic E-state index is 2.29. The molecule has 0 spiro atoms. The first-order valence-electron chi connectivity index (χ1n) is 1.95. The molecule has 0 aromatic rings. The predicted octanol–water partition coefficient (Wildman–Crippen LogP) is 2.88. The molecule has 0 N–H and O–H groups in total. The first-order valence-corrected chi connectivity index (χ1v) is 5.00. The van der Waals surface area contributed by atoms with E-state index in [1.54, 1.807) is 0 Å². The van der Waals surface area contributed by atoms with Crippen LogP contribution in [0.1, 0.15) is 13.8 Å². The molecule has 0 unspecified atom stereocenters. The normalized spacial score (nSPS) is 6.00. The Morgan fingerprint density at radius 3 is 1.00 bits per heavy atom. The van der Waals surface area contributed by atoms with Crippen LogP contribution in [0.15, 0.2) is 0 Å². The molecule has 0 aliphatic carbocycles. The number of rotatable bonds is 0. The molecule has 0 nitrogen and oxygen atoms in total. The molecule has 0 saturated carbocycles. The van der Waals surface area contributed by atoms with Crippen molar-refractivity contribution < 1.29 is 0 Å². The molecular formula is C4H10I2. The molecule has 0 saturated heterocycles. The molecule has 6 heavy (non-hydrogen) atoms. The quantitative estimate of drug-likeness (QED) is 0.477. The van der Waals surface area contributed by atoms with E-state index in [1.165, 1.54) is 8.86 Å². The average Bonchev–Trinajstić information content (AvgIpc) is 1.39. The van der Waals surface area contributed by atoms with Gasteiger partial charge >= 0.3 is 0 Å². The second-order valence-corrected chi connectivity index (χ2v) is 3.59. The van der Waals surface area contributed by atoms with E-state index in [2.05, 4.69) is 59.0 Å². The zero-order chi connectivity index (χ0) is 5.41. The Balaban J connectivity index is 0. The van der Waals surface area contributed by atoms with Gasteiger partial charge < -0.3 is 0 Å². The lowest BCUT2D eigenvalue weighted by Crippen LogP contribution is -1.33. The van der Waals surface area contributed by atoms with Crippen molar-refractivity contribution in [1.29, 1.82) is 0 Å². The third-order valence-electron chi connectivity index (χ3n) is 0. The largest absolute Gasteiger partial charge is 0.0867 e. The van der Waals surface area contributed by atoms with Crippen molar-refractivity contribution in [3.63, 3.8) is 0 Å². The van der Waals surface area contributed by atoms with Crippen LogP contribution in [0, 0.1) is 0 Å². The van der Waals surface area contributed by atoms with E-state index in [-0.39, 0.29) is 0 Å². The molecule has 40 valence electrons. The Hall–Kier alpha value is 1.46. The van der Waals surface area contributed by atoms with Gasteiger partial charge in [0.15, 0.2) is 0 Å². The van der Waals surface area contributed by atoms with Crippen molar-refractivity contribution in [3.05, 3.63) is 0 Å². The van der Waals surface area contributed by atoms with Gasteiger partial charge in [-0.05, 0) is 8.86 Å².